The maximum atomic E-state index is 4.51. The summed E-state index contributed by atoms with van der Waals surface area (Å²) in [6.45, 7) is 12.3. The van der Waals surface area contributed by atoms with Crippen LogP contribution in [-0.2, 0) is 0 Å². The highest BCUT2D eigenvalue weighted by molar-refractivity contribution is 7.00. The molecule has 0 aliphatic heterocycles. The molecule has 1 aromatic carbocycles. The molecule has 0 unspecified atom stereocenters. The Bertz CT molecular complexity index is 582. The topological polar surface area (TPSA) is 12.9 Å². The Kier molecular flexibility index (Phi) is 3.81. The second-order valence-corrected chi connectivity index (χ2v) is 9.56. The highest BCUT2D eigenvalue weighted by atomic mass is 28.3. The van der Waals surface area contributed by atoms with Crippen LogP contribution in [0.1, 0.15) is 5.69 Å². The first-order valence-electron chi connectivity index (χ1n) is 6.39. The van der Waals surface area contributed by atoms with Gasteiger partial charge in [-0.2, -0.15) is 0 Å². The fourth-order valence-electron chi connectivity index (χ4n) is 2.08. The van der Waals surface area contributed by atoms with Crippen molar-refractivity contribution in [2.45, 2.75) is 13.1 Å². The molecule has 1 nitrogen and oxygen atoms in total. The zero-order valence-electron chi connectivity index (χ0n) is 11.6. The van der Waals surface area contributed by atoms with E-state index < -0.39 is 8.07 Å². The lowest BCUT2D eigenvalue weighted by Crippen LogP contribution is -2.52. The van der Waals surface area contributed by atoms with Crippen LogP contribution in [0.5, 0.6) is 0 Å². The Labute approximate surface area is 116 Å². The van der Waals surface area contributed by atoms with Gasteiger partial charge in [0, 0.05) is 6.20 Å². The number of aromatic nitrogens is 1. The minimum absolute atomic E-state index is 0.866. The van der Waals surface area contributed by atoms with Crippen molar-refractivity contribution in [1.82, 2.24) is 4.98 Å². The number of benzene rings is 1. The molecule has 0 amide bonds. The predicted molar refractivity (Wildman–Crippen MR) is 86.7 cm³/mol. The minimum atomic E-state index is -1.64. The lowest BCUT2D eigenvalue weighted by Gasteiger charge is -2.23. The maximum absolute atomic E-state index is 4.51. The van der Waals surface area contributed by atoms with Gasteiger partial charge in [-0.3, -0.25) is 4.98 Å². The maximum Gasteiger partial charge on any atom is 0.114 e. The van der Waals surface area contributed by atoms with Gasteiger partial charge in [-0.1, -0.05) is 73.9 Å². The standard InChI is InChI=1S/C17H19NSi/c1-5-14(2)17-12-11-16(13-18-17)19(3,4)15-9-7-6-8-10-15/h5-13H,1-2H2,3-4H3. The van der Waals surface area contributed by atoms with E-state index in [0.717, 1.165) is 11.3 Å². The van der Waals surface area contributed by atoms with Crippen LogP contribution < -0.4 is 10.4 Å². The Hall–Kier alpha value is -1.93. The van der Waals surface area contributed by atoms with Gasteiger partial charge in [-0.15, -0.1) is 0 Å². The summed E-state index contributed by atoms with van der Waals surface area (Å²) >= 11 is 0. The van der Waals surface area contributed by atoms with Crippen molar-refractivity contribution in [1.29, 1.82) is 0 Å². The number of pyridine rings is 1. The second kappa shape index (κ2) is 5.37. The normalized spacial score (nSPS) is 11.1. The number of allylic oxidation sites excluding steroid dienone is 2. The molecule has 0 fully saturated rings. The molecule has 2 heteroatoms. The Morgan fingerprint density at radius 2 is 1.74 bits per heavy atom. The van der Waals surface area contributed by atoms with Crippen molar-refractivity contribution in [2.75, 3.05) is 0 Å². The number of hydrogen-bond acceptors (Lipinski definition) is 1. The van der Waals surface area contributed by atoms with E-state index in [1.165, 1.54) is 10.4 Å². The van der Waals surface area contributed by atoms with Crippen molar-refractivity contribution in [3.63, 3.8) is 0 Å². The van der Waals surface area contributed by atoms with E-state index in [1.54, 1.807) is 6.08 Å². The van der Waals surface area contributed by atoms with E-state index >= 15 is 0 Å². The first-order chi connectivity index (χ1) is 9.05. The van der Waals surface area contributed by atoms with Crippen LogP contribution in [0.3, 0.4) is 0 Å². The van der Waals surface area contributed by atoms with Crippen LogP contribution in [0, 0.1) is 0 Å². The van der Waals surface area contributed by atoms with Crippen LogP contribution in [0.15, 0.2) is 67.9 Å². The summed E-state index contributed by atoms with van der Waals surface area (Å²) < 4.78 is 0. The highest BCUT2D eigenvalue weighted by Gasteiger charge is 2.25. The number of rotatable bonds is 4. The smallest absolute Gasteiger partial charge is 0.114 e. The number of hydrogen-bond donors (Lipinski definition) is 0. The molecule has 0 aliphatic carbocycles. The van der Waals surface area contributed by atoms with Gasteiger partial charge in [0.25, 0.3) is 0 Å². The molecule has 0 radical (unpaired) electrons. The lowest BCUT2D eigenvalue weighted by atomic mass is 10.2. The largest absolute Gasteiger partial charge is 0.256 e. The average Bonchev–Trinajstić information content (AvgIpc) is 2.47. The molecule has 0 spiro atoms. The van der Waals surface area contributed by atoms with Crippen LogP contribution in [0.4, 0.5) is 0 Å². The lowest BCUT2D eigenvalue weighted by molar-refractivity contribution is 1.29. The predicted octanol–water partition coefficient (Wildman–Crippen LogP) is 3.10. The Morgan fingerprint density at radius 1 is 1.05 bits per heavy atom. The molecule has 1 heterocycles. The summed E-state index contributed by atoms with van der Waals surface area (Å²) in [5.74, 6) is 0. The van der Waals surface area contributed by atoms with Crippen molar-refractivity contribution in [3.05, 3.63) is 73.6 Å². The third-order valence-electron chi connectivity index (χ3n) is 3.56. The van der Waals surface area contributed by atoms with Crippen LogP contribution in [0.2, 0.25) is 13.1 Å². The molecule has 0 bridgehead atoms. The molecule has 2 rings (SSSR count). The second-order valence-electron chi connectivity index (χ2n) is 5.15. The van der Waals surface area contributed by atoms with E-state index in [-0.39, 0.29) is 0 Å². The van der Waals surface area contributed by atoms with Gasteiger partial charge in [-0.05, 0) is 16.8 Å². The molecule has 2 aromatic rings. The SMILES string of the molecule is C=CC(=C)c1ccc([Si](C)(C)c2ccccc2)cn1. The molecule has 0 saturated heterocycles. The van der Waals surface area contributed by atoms with Gasteiger partial charge in [0.15, 0.2) is 0 Å². The van der Waals surface area contributed by atoms with E-state index in [9.17, 15) is 0 Å². The van der Waals surface area contributed by atoms with Crippen LogP contribution in [-0.4, -0.2) is 13.1 Å². The van der Waals surface area contributed by atoms with E-state index in [1.807, 2.05) is 12.3 Å². The van der Waals surface area contributed by atoms with Gasteiger partial charge >= 0.3 is 0 Å². The summed E-state index contributed by atoms with van der Waals surface area (Å²) in [4.78, 5) is 4.51. The van der Waals surface area contributed by atoms with Crippen molar-refractivity contribution >= 4 is 24.0 Å². The molecule has 0 atom stereocenters. The fourth-order valence-corrected chi connectivity index (χ4v) is 4.33. The highest BCUT2D eigenvalue weighted by Crippen LogP contribution is 2.10. The first-order valence-corrected chi connectivity index (χ1v) is 9.39. The van der Waals surface area contributed by atoms with Crippen molar-refractivity contribution < 1.29 is 0 Å². The molecule has 0 N–H and O–H groups in total. The van der Waals surface area contributed by atoms with Crippen molar-refractivity contribution in [3.8, 4) is 0 Å². The zero-order valence-corrected chi connectivity index (χ0v) is 12.6. The quantitative estimate of drug-likeness (QED) is 0.611. The molecule has 96 valence electrons. The Balaban J connectivity index is 2.36. The van der Waals surface area contributed by atoms with Gasteiger partial charge < -0.3 is 0 Å². The average molecular weight is 265 g/mol. The third-order valence-corrected chi connectivity index (χ3v) is 7.07. The molecular formula is C17H19NSi. The van der Waals surface area contributed by atoms with E-state index in [0.29, 0.717) is 0 Å². The van der Waals surface area contributed by atoms with Crippen LogP contribution >= 0.6 is 0 Å². The minimum Gasteiger partial charge on any atom is -0.256 e. The zero-order chi connectivity index (χ0) is 13.9. The monoisotopic (exact) mass is 265 g/mol. The van der Waals surface area contributed by atoms with Gasteiger partial charge in [0.2, 0.25) is 0 Å². The first kappa shape index (κ1) is 13.5. The summed E-state index contributed by atoms with van der Waals surface area (Å²) in [7, 11) is -1.64. The summed E-state index contributed by atoms with van der Waals surface area (Å²) in [5.41, 5.74) is 1.77. The number of nitrogens with zero attached hydrogens (tertiary/aromatic N) is 1. The van der Waals surface area contributed by atoms with Crippen LogP contribution in [0.25, 0.3) is 5.57 Å². The molecule has 19 heavy (non-hydrogen) atoms. The fraction of sp³-hybridized carbons (Fsp3) is 0.118. The van der Waals surface area contributed by atoms with E-state index in [4.69, 9.17) is 0 Å². The third kappa shape index (κ3) is 2.74. The summed E-state index contributed by atoms with van der Waals surface area (Å²) in [6, 6.07) is 14.9. The molecule has 1 aromatic heterocycles. The van der Waals surface area contributed by atoms with Gasteiger partial charge in [-0.25, -0.2) is 0 Å². The summed E-state index contributed by atoms with van der Waals surface area (Å²) in [6.07, 6.45) is 3.73. The Morgan fingerprint density at radius 3 is 2.26 bits per heavy atom. The molecule has 0 saturated carbocycles. The van der Waals surface area contributed by atoms with Gasteiger partial charge in [0.05, 0.1) is 5.69 Å². The van der Waals surface area contributed by atoms with Crippen molar-refractivity contribution in [2.24, 2.45) is 0 Å². The molecular weight excluding hydrogens is 246 g/mol. The molecule has 0 aliphatic rings. The summed E-state index contributed by atoms with van der Waals surface area (Å²) in [5, 5.41) is 2.76. The van der Waals surface area contributed by atoms with Gasteiger partial charge in [0.1, 0.15) is 8.07 Å². The van der Waals surface area contributed by atoms with E-state index in [2.05, 4.69) is 67.6 Å².